The molecule has 0 saturated carbocycles. The molecule has 0 radical (unpaired) electrons. The van der Waals surface area contributed by atoms with Crippen LogP contribution in [0.3, 0.4) is 0 Å². The Bertz CT molecular complexity index is 597. The van der Waals surface area contributed by atoms with Gasteiger partial charge in [-0.2, -0.15) is 0 Å². The van der Waals surface area contributed by atoms with Gasteiger partial charge >= 0.3 is 0 Å². The van der Waals surface area contributed by atoms with Crippen molar-refractivity contribution < 1.29 is 9.47 Å². The molecule has 0 aliphatic heterocycles. The Morgan fingerprint density at radius 2 is 1.75 bits per heavy atom. The molecule has 20 heavy (non-hydrogen) atoms. The predicted molar refractivity (Wildman–Crippen MR) is 82.5 cm³/mol. The zero-order chi connectivity index (χ0) is 14.5. The van der Waals surface area contributed by atoms with Gasteiger partial charge in [-0.15, -0.1) is 0 Å². The van der Waals surface area contributed by atoms with Gasteiger partial charge in [-0.1, -0.05) is 12.1 Å². The van der Waals surface area contributed by atoms with Crippen LogP contribution in [0.15, 0.2) is 36.4 Å². The summed E-state index contributed by atoms with van der Waals surface area (Å²) in [5, 5.41) is 3.38. The van der Waals surface area contributed by atoms with Gasteiger partial charge in [-0.3, -0.25) is 0 Å². The molecule has 0 spiro atoms. The molecule has 0 aromatic heterocycles. The minimum Gasteiger partial charge on any atom is -0.493 e. The molecule has 0 unspecified atom stereocenters. The van der Waals surface area contributed by atoms with Gasteiger partial charge in [-0.25, -0.2) is 0 Å². The molecule has 0 fully saturated rings. The zero-order valence-electron chi connectivity index (χ0n) is 12.1. The molecule has 2 aromatic carbocycles. The van der Waals surface area contributed by atoms with Crippen LogP contribution >= 0.6 is 0 Å². The third-order valence-corrected chi connectivity index (χ3v) is 3.19. The van der Waals surface area contributed by atoms with Crippen LogP contribution in [0.1, 0.15) is 11.1 Å². The van der Waals surface area contributed by atoms with Crippen molar-refractivity contribution in [3.63, 3.8) is 0 Å². The summed E-state index contributed by atoms with van der Waals surface area (Å²) in [4.78, 5) is 0. The maximum absolute atomic E-state index is 5.80. The lowest BCUT2D eigenvalue weighted by atomic mass is 10.1. The van der Waals surface area contributed by atoms with Crippen LogP contribution in [0.4, 0.5) is 11.4 Å². The first-order valence-electron chi connectivity index (χ1n) is 6.45. The number of rotatable bonds is 5. The number of ether oxygens (including phenoxy) is 2. The molecule has 3 N–H and O–H groups in total. The molecular formula is C16H20N2O2. The molecule has 106 valence electrons. The van der Waals surface area contributed by atoms with Crippen LogP contribution < -0.4 is 20.5 Å². The number of anilines is 2. The number of hydrogen-bond donors (Lipinski definition) is 2. The summed E-state index contributed by atoms with van der Waals surface area (Å²) in [5.74, 6) is 1.47. The Hall–Kier alpha value is -2.36. The SMILES string of the molecule is COc1ccc(CNc2cc(N)ccc2C)cc1OC. The van der Waals surface area contributed by atoms with Crippen molar-refractivity contribution in [2.45, 2.75) is 13.5 Å². The van der Waals surface area contributed by atoms with E-state index >= 15 is 0 Å². The van der Waals surface area contributed by atoms with Crippen molar-refractivity contribution in [1.82, 2.24) is 0 Å². The van der Waals surface area contributed by atoms with Gasteiger partial charge in [0.05, 0.1) is 14.2 Å². The standard InChI is InChI=1S/C16H20N2O2/c1-11-4-6-13(17)9-14(11)18-10-12-5-7-15(19-2)16(8-12)20-3/h4-9,18H,10,17H2,1-3H3. The second kappa shape index (κ2) is 6.19. The quantitative estimate of drug-likeness (QED) is 0.821. The average molecular weight is 272 g/mol. The van der Waals surface area contributed by atoms with E-state index in [1.165, 1.54) is 5.56 Å². The number of nitrogens with two attached hydrogens (primary N) is 1. The van der Waals surface area contributed by atoms with E-state index in [2.05, 4.69) is 12.2 Å². The first-order chi connectivity index (χ1) is 9.63. The smallest absolute Gasteiger partial charge is 0.161 e. The van der Waals surface area contributed by atoms with Gasteiger partial charge in [0.25, 0.3) is 0 Å². The van der Waals surface area contributed by atoms with Crippen molar-refractivity contribution in [3.05, 3.63) is 47.5 Å². The van der Waals surface area contributed by atoms with Crippen molar-refractivity contribution in [2.75, 3.05) is 25.3 Å². The maximum atomic E-state index is 5.80. The molecule has 2 aromatic rings. The van der Waals surface area contributed by atoms with Gasteiger partial charge in [0.15, 0.2) is 11.5 Å². The largest absolute Gasteiger partial charge is 0.493 e. The van der Waals surface area contributed by atoms with Gasteiger partial charge in [0.1, 0.15) is 0 Å². The van der Waals surface area contributed by atoms with E-state index in [-0.39, 0.29) is 0 Å². The number of nitrogens with one attached hydrogen (secondary N) is 1. The molecule has 0 bridgehead atoms. The molecule has 4 heteroatoms. The van der Waals surface area contributed by atoms with E-state index in [9.17, 15) is 0 Å². The Morgan fingerprint density at radius 3 is 2.45 bits per heavy atom. The summed E-state index contributed by atoms with van der Waals surface area (Å²) in [7, 11) is 3.27. The number of aryl methyl sites for hydroxylation is 1. The van der Waals surface area contributed by atoms with Gasteiger partial charge in [-0.05, 0) is 42.3 Å². The third kappa shape index (κ3) is 3.15. The van der Waals surface area contributed by atoms with Crippen LogP contribution in [-0.2, 0) is 6.54 Å². The molecule has 0 heterocycles. The Kier molecular flexibility index (Phi) is 4.35. The number of benzene rings is 2. The number of hydrogen-bond acceptors (Lipinski definition) is 4. The van der Waals surface area contributed by atoms with E-state index in [0.29, 0.717) is 6.54 Å². The van der Waals surface area contributed by atoms with Crippen LogP contribution in [0.5, 0.6) is 11.5 Å². The minimum absolute atomic E-state index is 0.699. The highest BCUT2D eigenvalue weighted by Gasteiger charge is 2.05. The highest BCUT2D eigenvalue weighted by atomic mass is 16.5. The number of nitrogen functional groups attached to an aromatic ring is 1. The van der Waals surface area contributed by atoms with E-state index in [0.717, 1.165) is 28.4 Å². The van der Waals surface area contributed by atoms with Crippen molar-refractivity contribution in [2.24, 2.45) is 0 Å². The summed E-state index contributed by atoms with van der Waals surface area (Å²) < 4.78 is 10.5. The van der Waals surface area contributed by atoms with Gasteiger partial charge in [0, 0.05) is 17.9 Å². The second-order valence-corrected chi connectivity index (χ2v) is 4.62. The number of methoxy groups -OCH3 is 2. The Labute approximate surface area is 119 Å². The molecule has 0 amide bonds. The van der Waals surface area contributed by atoms with Gasteiger partial charge in [0.2, 0.25) is 0 Å². The van der Waals surface area contributed by atoms with E-state index in [4.69, 9.17) is 15.2 Å². The molecule has 4 nitrogen and oxygen atoms in total. The predicted octanol–water partition coefficient (Wildman–Crippen LogP) is 3.21. The zero-order valence-corrected chi connectivity index (χ0v) is 12.1. The van der Waals surface area contributed by atoms with Crippen LogP contribution in [0, 0.1) is 6.92 Å². The topological polar surface area (TPSA) is 56.5 Å². The van der Waals surface area contributed by atoms with Crippen molar-refractivity contribution in [3.8, 4) is 11.5 Å². The summed E-state index contributed by atoms with van der Waals surface area (Å²) >= 11 is 0. The fraction of sp³-hybridized carbons (Fsp3) is 0.250. The monoisotopic (exact) mass is 272 g/mol. The Morgan fingerprint density at radius 1 is 1.00 bits per heavy atom. The lowest BCUT2D eigenvalue weighted by Gasteiger charge is -2.12. The molecule has 0 aliphatic carbocycles. The highest BCUT2D eigenvalue weighted by Crippen LogP contribution is 2.28. The Balaban J connectivity index is 2.12. The van der Waals surface area contributed by atoms with E-state index in [1.54, 1.807) is 14.2 Å². The minimum atomic E-state index is 0.699. The van der Waals surface area contributed by atoms with Crippen molar-refractivity contribution >= 4 is 11.4 Å². The molecule has 2 rings (SSSR count). The summed E-state index contributed by atoms with van der Waals surface area (Å²) in [6.45, 7) is 2.75. The molecule has 0 atom stereocenters. The first-order valence-corrected chi connectivity index (χ1v) is 6.45. The fourth-order valence-electron chi connectivity index (χ4n) is 2.02. The van der Waals surface area contributed by atoms with Gasteiger partial charge < -0.3 is 20.5 Å². The summed E-state index contributed by atoms with van der Waals surface area (Å²) in [6, 6.07) is 11.7. The van der Waals surface area contributed by atoms with Crippen LogP contribution in [-0.4, -0.2) is 14.2 Å². The molecule has 0 saturated heterocycles. The molecule has 0 aliphatic rings. The summed E-state index contributed by atoms with van der Waals surface area (Å²) in [5.41, 5.74) is 9.88. The average Bonchev–Trinajstić information content (AvgIpc) is 2.47. The van der Waals surface area contributed by atoms with Crippen LogP contribution in [0.2, 0.25) is 0 Å². The molecular weight excluding hydrogens is 252 g/mol. The highest BCUT2D eigenvalue weighted by molar-refractivity contribution is 5.59. The lowest BCUT2D eigenvalue weighted by molar-refractivity contribution is 0.354. The van der Waals surface area contributed by atoms with Crippen LogP contribution in [0.25, 0.3) is 0 Å². The lowest BCUT2D eigenvalue weighted by Crippen LogP contribution is -2.02. The van der Waals surface area contributed by atoms with E-state index < -0.39 is 0 Å². The fourth-order valence-corrected chi connectivity index (χ4v) is 2.02. The maximum Gasteiger partial charge on any atom is 0.161 e. The summed E-state index contributed by atoms with van der Waals surface area (Å²) in [6.07, 6.45) is 0. The van der Waals surface area contributed by atoms with Crippen molar-refractivity contribution in [1.29, 1.82) is 0 Å². The first kappa shape index (κ1) is 14.1. The third-order valence-electron chi connectivity index (χ3n) is 3.19. The normalized spacial score (nSPS) is 10.2. The van der Waals surface area contributed by atoms with E-state index in [1.807, 2.05) is 36.4 Å². The second-order valence-electron chi connectivity index (χ2n) is 4.62.